The van der Waals surface area contributed by atoms with Crippen LogP contribution in [0.2, 0.25) is 0 Å². The van der Waals surface area contributed by atoms with E-state index in [2.05, 4.69) is 10.5 Å². The second-order valence-electron chi connectivity index (χ2n) is 6.13. The summed E-state index contributed by atoms with van der Waals surface area (Å²) in [5.74, 6) is -0.367. The summed E-state index contributed by atoms with van der Waals surface area (Å²) in [7, 11) is 0. The normalized spacial score (nSPS) is 12.1. The molecule has 4 aromatic rings. The van der Waals surface area contributed by atoms with Gasteiger partial charge in [-0.25, -0.2) is 5.43 Å². The molecule has 0 spiro atoms. The van der Waals surface area contributed by atoms with Crippen LogP contribution in [0.5, 0.6) is 0 Å². The fourth-order valence-corrected chi connectivity index (χ4v) is 3.94. The van der Waals surface area contributed by atoms with Crippen molar-refractivity contribution in [2.24, 2.45) is 5.10 Å². The largest absolute Gasteiger partial charge is 0.416 e. The number of hydrazone groups is 1. The van der Waals surface area contributed by atoms with E-state index in [0.717, 1.165) is 33.0 Å². The third-order valence-electron chi connectivity index (χ3n) is 4.25. The van der Waals surface area contributed by atoms with Crippen LogP contribution in [0.3, 0.4) is 0 Å². The Balaban J connectivity index is 1.51. The molecule has 0 saturated carbocycles. The highest BCUT2D eigenvalue weighted by Crippen LogP contribution is 2.32. The van der Waals surface area contributed by atoms with Gasteiger partial charge in [0.2, 0.25) is 0 Å². The zero-order chi connectivity index (χ0) is 19.7. The first-order valence-corrected chi connectivity index (χ1v) is 9.15. The molecule has 3 aromatic carbocycles. The quantitative estimate of drug-likeness (QED) is 0.342. The molecular weight excluding hydrogens is 385 g/mol. The van der Waals surface area contributed by atoms with Gasteiger partial charge < -0.3 is 0 Å². The number of nitrogens with one attached hydrogen (secondary N) is 1. The van der Waals surface area contributed by atoms with Gasteiger partial charge in [0.15, 0.2) is 0 Å². The van der Waals surface area contributed by atoms with Crippen molar-refractivity contribution in [1.82, 2.24) is 5.43 Å². The van der Waals surface area contributed by atoms with Crippen molar-refractivity contribution < 1.29 is 18.0 Å². The highest BCUT2D eigenvalue weighted by molar-refractivity contribution is 7.21. The molecule has 0 unspecified atom stereocenters. The van der Waals surface area contributed by atoms with Crippen molar-refractivity contribution in [1.29, 1.82) is 0 Å². The third-order valence-corrected chi connectivity index (χ3v) is 5.43. The maximum absolute atomic E-state index is 12.6. The molecule has 0 fully saturated rings. The van der Waals surface area contributed by atoms with Crippen LogP contribution < -0.4 is 5.43 Å². The molecule has 1 amide bonds. The number of fused-ring (bicyclic) bond motifs is 3. The van der Waals surface area contributed by atoms with E-state index in [-0.39, 0.29) is 5.91 Å². The minimum Gasteiger partial charge on any atom is -0.266 e. The highest BCUT2D eigenvalue weighted by atomic mass is 32.1. The fourth-order valence-electron chi connectivity index (χ4n) is 2.86. The number of alkyl halides is 3. The number of benzene rings is 3. The first-order chi connectivity index (χ1) is 13.4. The van der Waals surface area contributed by atoms with Crippen molar-refractivity contribution >= 4 is 44.3 Å². The summed E-state index contributed by atoms with van der Waals surface area (Å²) in [6, 6.07) is 18.3. The lowest BCUT2D eigenvalue weighted by Gasteiger charge is -2.05. The molecule has 0 bridgehead atoms. The first kappa shape index (κ1) is 18.2. The van der Waals surface area contributed by atoms with E-state index < -0.39 is 11.7 Å². The summed E-state index contributed by atoms with van der Waals surface area (Å²) in [5.41, 5.74) is 2.14. The lowest BCUT2D eigenvalue weighted by Crippen LogP contribution is -2.16. The van der Waals surface area contributed by atoms with Crippen LogP contribution in [0.1, 0.15) is 20.8 Å². The molecule has 0 aliphatic carbocycles. The molecule has 7 heteroatoms. The van der Waals surface area contributed by atoms with Crippen molar-refractivity contribution in [2.75, 3.05) is 0 Å². The van der Waals surface area contributed by atoms with Crippen LogP contribution in [-0.2, 0) is 6.18 Å². The molecule has 0 saturated heterocycles. The number of hydrogen-bond acceptors (Lipinski definition) is 3. The van der Waals surface area contributed by atoms with Gasteiger partial charge in [-0.2, -0.15) is 18.3 Å². The number of amides is 1. The predicted molar refractivity (Wildman–Crippen MR) is 106 cm³/mol. The SMILES string of the molecule is O=C(N/N=C\c1ccc(C(F)(F)F)cc1)c1cc2ccc3ccccc3c2s1. The third kappa shape index (κ3) is 3.61. The Hall–Kier alpha value is -3.19. The van der Waals surface area contributed by atoms with Gasteiger partial charge in [0.05, 0.1) is 16.7 Å². The van der Waals surface area contributed by atoms with Gasteiger partial charge >= 0.3 is 6.18 Å². The molecule has 3 nitrogen and oxygen atoms in total. The van der Waals surface area contributed by atoms with Crippen LogP contribution in [0, 0.1) is 0 Å². The number of carbonyl (C=O) groups is 1. The minimum absolute atomic E-state index is 0.367. The second kappa shape index (κ2) is 7.09. The van der Waals surface area contributed by atoms with E-state index in [1.54, 1.807) is 6.07 Å². The van der Waals surface area contributed by atoms with Crippen LogP contribution in [0.4, 0.5) is 13.2 Å². The van der Waals surface area contributed by atoms with E-state index >= 15 is 0 Å². The topological polar surface area (TPSA) is 41.5 Å². The van der Waals surface area contributed by atoms with Crippen molar-refractivity contribution in [3.05, 3.63) is 82.7 Å². The zero-order valence-electron chi connectivity index (χ0n) is 14.3. The maximum Gasteiger partial charge on any atom is 0.416 e. The average molecular weight is 398 g/mol. The average Bonchev–Trinajstić information content (AvgIpc) is 3.13. The fraction of sp³-hybridized carbons (Fsp3) is 0.0476. The number of thiophene rings is 1. The van der Waals surface area contributed by atoms with Crippen LogP contribution in [-0.4, -0.2) is 12.1 Å². The van der Waals surface area contributed by atoms with Crippen LogP contribution in [0.15, 0.2) is 71.8 Å². The Bertz CT molecular complexity index is 1190. The molecule has 0 radical (unpaired) electrons. The van der Waals surface area contributed by atoms with Crippen LogP contribution >= 0.6 is 11.3 Å². The Morgan fingerprint density at radius 1 is 0.964 bits per heavy atom. The van der Waals surface area contributed by atoms with E-state index in [1.165, 1.54) is 29.7 Å². The molecule has 28 heavy (non-hydrogen) atoms. The number of hydrogen-bond donors (Lipinski definition) is 1. The van der Waals surface area contributed by atoms with Crippen LogP contribution in [0.25, 0.3) is 20.9 Å². The van der Waals surface area contributed by atoms with Crippen molar-refractivity contribution in [3.63, 3.8) is 0 Å². The summed E-state index contributed by atoms with van der Waals surface area (Å²) in [6.45, 7) is 0. The summed E-state index contributed by atoms with van der Waals surface area (Å²) >= 11 is 1.37. The highest BCUT2D eigenvalue weighted by Gasteiger charge is 2.29. The van der Waals surface area contributed by atoms with Crippen molar-refractivity contribution in [3.8, 4) is 0 Å². The van der Waals surface area contributed by atoms with Gasteiger partial charge in [-0.15, -0.1) is 11.3 Å². The summed E-state index contributed by atoms with van der Waals surface area (Å²) in [4.78, 5) is 12.9. The molecule has 0 atom stereocenters. The molecule has 1 heterocycles. The van der Waals surface area contributed by atoms with Gasteiger partial charge in [0, 0.05) is 4.70 Å². The molecule has 140 valence electrons. The summed E-state index contributed by atoms with van der Waals surface area (Å²) in [6.07, 6.45) is -3.07. The van der Waals surface area contributed by atoms with E-state index in [1.807, 2.05) is 36.4 Å². The molecule has 1 N–H and O–H groups in total. The maximum atomic E-state index is 12.6. The van der Waals surface area contributed by atoms with E-state index in [4.69, 9.17) is 0 Å². The smallest absolute Gasteiger partial charge is 0.266 e. The van der Waals surface area contributed by atoms with Gasteiger partial charge in [-0.1, -0.05) is 48.5 Å². The summed E-state index contributed by atoms with van der Waals surface area (Å²) in [5, 5.41) is 7.00. The second-order valence-corrected chi connectivity index (χ2v) is 7.19. The Kier molecular flexibility index (Phi) is 4.60. The number of carbonyl (C=O) groups excluding carboxylic acids is 1. The minimum atomic E-state index is -4.38. The number of halogens is 3. The zero-order valence-corrected chi connectivity index (χ0v) is 15.1. The van der Waals surface area contributed by atoms with E-state index in [0.29, 0.717) is 10.4 Å². The monoisotopic (exact) mass is 398 g/mol. The Morgan fingerprint density at radius 2 is 1.68 bits per heavy atom. The molecule has 0 aliphatic heterocycles. The number of rotatable bonds is 3. The Morgan fingerprint density at radius 3 is 2.43 bits per heavy atom. The van der Waals surface area contributed by atoms with Gasteiger partial charge in [-0.05, 0) is 39.9 Å². The van der Waals surface area contributed by atoms with Gasteiger partial charge in [0.25, 0.3) is 5.91 Å². The lowest BCUT2D eigenvalue weighted by atomic mass is 10.1. The summed E-state index contributed by atoms with van der Waals surface area (Å²) < 4.78 is 38.7. The molecule has 4 rings (SSSR count). The predicted octanol–water partition coefficient (Wildman–Crippen LogP) is 5.84. The van der Waals surface area contributed by atoms with Crippen molar-refractivity contribution in [2.45, 2.75) is 6.18 Å². The standard InChI is InChI=1S/C21H13F3N2OS/c22-21(23,24)16-9-5-13(6-10-16)12-25-26-20(27)18-11-15-8-7-14-3-1-2-4-17(14)19(15)28-18/h1-12H,(H,26,27)/b25-12-. The lowest BCUT2D eigenvalue weighted by molar-refractivity contribution is -0.137. The first-order valence-electron chi connectivity index (χ1n) is 8.34. The molecule has 1 aromatic heterocycles. The van der Waals surface area contributed by atoms with Gasteiger partial charge in [-0.3, -0.25) is 4.79 Å². The van der Waals surface area contributed by atoms with Gasteiger partial charge in [0.1, 0.15) is 0 Å². The molecular formula is C21H13F3N2OS. The van der Waals surface area contributed by atoms with E-state index in [9.17, 15) is 18.0 Å². The number of nitrogens with zero attached hydrogens (tertiary/aromatic N) is 1. The Labute approximate surface area is 162 Å². The molecule has 0 aliphatic rings.